The Kier molecular flexibility index (Phi) is 4.95. The first-order chi connectivity index (χ1) is 9.86. The maximum absolute atomic E-state index is 10.1. The van der Waals surface area contributed by atoms with E-state index in [4.69, 9.17) is 0 Å². The third kappa shape index (κ3) is 4.01. The predicted molar refractivity (Wildman–Crippen MR) is 90.8 cm³/mol. The SMILES string of the molecule is C/C(=N\Nc1nc(C)cc(C)n1)c1cc(Br)cc(Br)c1O. The van der Waals surface area contributed by atoms with Crippen LogP contribution in [0.5, 0.6) is 5.75 Å². The van der Waals surface area contributed by atoms with Gasteiger partial charge in [0.25, 0.3) is 0 Å². The molecule has 0 saturated heterocycles. The van der Waals surface area contributed by atoms with Gasteiger partial charge in [-0.25, -0.2) is 15.4 Å². The van der Waals surface area contributed by atoms with Gasteiger partial charge in [-0.2, -0.15) is 5.10 Å². The number of aromatic nitrogens is 2. The van der Waals surface area contributed by atoms with Crippen molar-refractivity contribution in [3.05, 3.63) is 44.1 Å². The molecule has 2 aromatic rings. The second kappa shape index (κ2) is 6.53. The number of benzene rings is 1. The number of aryl methyl sites for hydroxylation is 2. The standard InChI is InChI=1S/C14H14Br2N4O/c1-7-4-8(2)18-14(17-7)20-19-9(3)11-5-10(15)6-12(16)13(11)21/h4-6,21H,1-3H3,(H,17,18,20)/b19-9+. The van der Waals surface area contributed by atoms with Crippen molar-refractivity contribution in [2.75, 3.05) is 5.43 Å². The Hall–Kier alpha value is -1.47. The first-order valence-electron chi connectivity index (χ1n) is 6.18. The zero-order valence-electron chi connectivity index (χ0n) is 11.8. The molecule has 2 rings (SSSR count). The van der Waals surface area contributed by atoms with Crippen molar-refractivity contribution in [3.8, 4) is 5.75 Å². The zero-order valence-corrected chi connectivity index (χ0v) is 14.9. The van der Waals surface area contributed by atoms with Crippen LogP contribution < -0.4 is 5.43 Å². The summed E-state index contributed by atoms with van der Waals surface area (Å²) in [6.07, 6.45) is 0. The molecule has 5 nitrogen and oxygen atoms in total. The molecular weight excluding hydrogens is 400 g/mol. The summed E-state index contributed by atoms with van der Waals surface area (Å²) >= 11 is 6.69. The van der Waals surface area contributed by atoms with Gasteiger partial charge < -0.3 is 5.11 Å². The van der Waals surface area contributed by atoms with Gasteiger partial charge in [-0.05, 0) is 54.9 Å². The predicted octanol–water partition coefficient (Wildman–Crippen LogP) is 4.16. The van der Waals surface area contributed by atoms with Crippen LogP contribution in [0.2, 0.25) is 0 Å². The van der Waals surface area contributed by atoms with Crippen LogP contribution in [-0.4, -0.2) is 20.8 Å². The molecular formula is C14H14Br2N4O. The first-order valence-corrected chi connectivity index (χ1v) is 7.76. The van der Waals surface area contributed by atoms with Crippen molar-refractivity contribution in [1.29, 1.82) is 0 Å². The lowest BCUT2D eigenvalue weighted by molar-refractivity contribution is 0.470. The molecule has 110 valence electrons. The maximum Gasteiger partial charge on any atom is 0.243 e. The van der Waals surface area contributed by atoms with Crippen LogP contribution in [0.25, 0.3) is 0 Å². The van der Waals surface area contributed by atoms with Crippen molar-refractivity contribution >= 4 is 43.5 Å². The average Bonchev–Trinajstić information content (AvgIpc) is 2.39. The quantitative estimate of drug-likeness (QED) is 0.585. The topological polar surface area (TPSA) is 70.4 Å². The molecule has 0 fully saturated rings. The minimum absolute atomic E-state index is 0.141. The number of nitrogens with one attached hydrogen (secondary N) is 1. The van der Waals surface area contributed by atoms with Gasteiger partial charge in [-0.1, -0.05) is 15.9 Å². The van der Waals surface area contributed by atoms with Crippen LogP contribution in [0.3, 0.4) is 0 Å². The number of hydrogen-bond donors (Lipinski definition) is 2. The third-order valence-corrected chi connectivity index (χ3v) is 3.79. The van der Waals surface area contributed by atoms with Gasteiger partial charge in [-0.15, -0.1) is 0 Å². The van der Waals surface area contributed by atoms with Gasteiger partial charge in [0.15, 0.2) is 0 Å². The number of anilines is 1. The maximum atomic E-state index is 10.1. The van der Waals surface area contributed by atoms with E-state index in [0.717, 1.165) is 15.9 Å². The highest BCUT2D eigenvalue weighted by Crippen LogP contribution is 2.32. The normalized spacial score (nSPS) is 11.6. The lowest BCUT2D eigenvalue weighted by Gasteiger charge is -2.08. The van der Waals surface area contributed by atoms with Crippen LogP contribution in [0.1, 0.15) is 23.9 Å². The lowest BCUT2D eigenvalue weighted by atomic mass is 10.1. The second-order valence-corrected chi connectivity index (χ2v) is 6.34. The first kappa shape index (κ1) is 15.9. The van der Waals surface area contributed by atoms with Crippen LogP contribution >= 0.6 is 31.9 Å². The van der Waals surface area contributed by atoms with E-state index in [1.165, 1.54) is 0 Å². The molecule has 1 heterocycles. The van der Waals surface area contributed by atoms with Crippen LogP contribution in [0.4, 0.5) is 5.95 Å². The fraction of sp³-hybridized carbons (Fsp3) is 0.214. The van der Waals surface area contributed by atoms with Crippen LogP contribution in [-0.2, 0) is 0 Å². The Morgan fingerprint density at radius 2 is 1.76 bits per heavy atom. The van der Waals surface area contributed by atoms with E-state index in [1.807, 2.05) is 19.9 Å². The molecule has 0 aliphatic rings. The zero-order chi connectivity index (χ0) is 15.6. The second-order valence-electron chi connectivity index (χ2n) is 4.57. The smallest absolute Gasteiger partial charge is 0.243 e. The van der Waals surface area contributed by atoms with Gasteiger partial charge >= 0.3 is 0 Å². The minimum Gasteiger partial charge on any atom is -0.506 e. The molecule has 0 radical (unpaired) electrons. The minimum atomic E-state index is 0.141. The van der Waals surface area contributed by atoms with Crippen molar-refractivity contribution in [2.24, 2.45) is 5.10 Å². The van der Waals surface area contributed by atoms with E-state index in [-0.39, 0.29) is 5.75 Å². The van der Waals surface area contributed by atoms with E-state index < -0.39 is 0 Å². The van der Waals surface area contributed by atoms with E-state index in [2.05, 4.69) is 52.4 Å². The van der Waals surface area contributed by atoms with E-state index in [0.29, 0.717) is 21.7 Å². The van der Waals surface area contributed by atoms with Gasteiger partial charge in [0.2, 0.25) is 5.95 Å². The number of nitrogens with zero attached hydrogens (tertiary/aromatic N) is 3. The number of hydrazone groups is 1. The van der Waals surface area contributed by atoms with Crippen LogP contribution in [0, 0.1) is 13.8 Å². The highest BCUT2D eigenvalue weighted by Gasteiger charge is 2.10. The highest BCUT2D eigenvalue weighted by molar-refractivity contribution is 9.11. The summed E-state index contributed by atoms with van der Waals surface area (Å²) in [4.78, 5) is 8.49. The van der Waals surface area contributed by atoms with Crippen molar-refractivity contribution < 1.29 is 5.11 Å². The van der Waals surface area contributed by atoms with Gasteiger partial charge in [0, 0.05) is 21.4 Å². The van der Waals surface area contributed by atoms with E-state index in [9.17, 15) is 5.11 Å². The number of halogens is 2. The van der Waals surface area contributed by atoms with E-state index >= 15 is 0 Å². The summed E-state index contributed by atoms with van der Waals surface area (Å²) in [5.41, 5.74) is 5.79. The molecule has 0 saturated carbocycles. The third-order valence-electron chi connectivity index (χ3n) is 2.72. The average molecular weight is 414 g/mol. The Bertz CT molecular complexity index is 696. The van der Waals surface area contributed by atoms with Crippen molar-refractivity contribution in [3.63, 3.8) is 0 Å². The molecule has 1 aromatic heterocycles. The fourth-order valence-corrected chi connectivity index (χ4v) is 3.04. The Balaban J connectivity index is 2.29. The van der Waals surface area contributed by atoms with Crippen LogP contribution in [0.15, 0.2) is 32.2 Å². The molecule has 0 amide bonds. The summed E-state index contributed by atoms with van der Waals surface area (Å²) in [5.74, 6) is 0.572. The monoisotopic (exact) mass is 412 g/mol. The van der Waals surface area contributed by atoms with Crippen molar-refractivity contribution in [1.82, 2.24) is 9.97 Å². The molecule has 7 heteroatoms. The van der Waals surface area contributed by atoms with Gasteiger partial charge in [-0.3, -0.25) is 0 Å². The molecule has 21 heavy (non-hydrogen) atoms. The summed E-state index contributed by atoms with van der Waals surface area (Å²) in [7, 11) is 0. The molecule has 2 N–H and O–H groups in total. The number of phenols is 1. The molecule has 0 unspecified atom stereocenters. The van der Waals surface area contributed by atoms with Gasteiger partial charge in [0.05, 0.1) is 10.2 Å². The summed E-state index contributed by atoms with van der Waals surface area (Å²) < 4.78 is 1.45. The lowest BCUT2D eigenvalue weighted by Crippen LogP contribution is -2.04. The van der Waals surface area contributed by atoms with Crippen molar-refractivity contribution in [2.45, 2.75) is 20.8 Å². The number of rotatable bonds is 3. The molecule has 0 aliphatic heterocycles. The summed E-state index contributed by atoms with van der Waals surface area (Å²) in [6, 6.07) is 5.45. The Morgan fingerprint density at radius 1 is 1.14 bits per heavy atom. The molecule has 0 atom stereocenters. The number of aromatic hydroxyl groups is 1. The molecule has 0 aliphatic carbocycles. The highest BCUT2D eigenvalue weighted by atomic mass is 79.9. The Labute approximate surface area is 139 Å². The van der Waals surface area contributed by atoms with E-state index in [1.54, 1.807) is 19.1 Å². The number of hydrogen-bond acceptors (Lipinski definition) is 5. The molecule has 0 spiro atoms. The fourth-order valence-electron chi connectivity index (χ4n) is 1.81. The summed E-state index contributed by atoms with van der Waals surface area (Å²) in [5, 5.41) is 14.3. The Morgan fingerprint density at radius 3 is 2.38 bits per heavy atom. The number of phenolic OH excluding ortho intramolecular Hbond substituents is 1. The largest absolute Gasteiger partial charge is 0.506 e. The molecule has 0 bridgehead atoms. The summed E-state index contributed by atoms with van der Waals surface area (Å²) in [6.45, 7) is 5.59. The van der Waals surface area contributed by atoms with Gasteiger partial charge in [0.1, 0.15) is 5.75 Å². The molecule has 1 aromatic carbocycles.